The SMILES string of the molecule is CC[C@H](C1CCC1)N(C)C. The summed E-state index contributed by atoms with van der Waals surface area (Å²) in [6.07, 6.45) is 5.72. The van der Waals surface area contributed by atoms with E-state index in [1.165, 1.54) is 25.7 Å². The molecule has 60 valence electrons. The minimum absolute atomic E-state index is 0.855. The molecular weight excluding hydrogens is 122 g/mol. The first-order valence-electron chi connectivity index (χ1n) is 4.42. The quantitative estimate of drug-likeness (QED) is 0.582. The smallest absolute Gasteiger partial charge is 0.0115 e. The summed E-state index contributed by atoms with van der Waals surface area (Å²) in [4.78, 5) is 2.38. The lowest BCUT2D eigenvalue weighted by atomic mass is 9.78. The van der Waals surface area contributed by atoms with Crippen molar-refractivity contribution in [2.75, 3.05) is 14.1 Å². The van der Waals surface area contributed by atoms with Crippen LogP contribution in [0.15, 0.2) is 0 Å². The van der Waals surface area contributed by atoms with Crippen molar-refractivity contribution in [3.05, 3.63) is 0 Å². The molecule has 0 aromatic rings. The summed E-state index contributed by atoms with van der Waals surface area (Å²) in [6, 6.07) is 0.855. The van der Waals surface area contributed by atoms with Crippen molar-refractivity contribution in [1.82, 2.24) is 4.90 Å². The first kappa shape index (κ1) is 8.06. The van der Waals surface area contributed by atoms with E-state index in [1.54, 1.807) is 0 Å². The third-order valence-electron chi connectivity index (χ3n) is 2.78. The van der Waals surface area contributed by atoms with Crippen molar-refractivity contribution in [3.8, 4) is 0 Å². The van der Waals surface area contributed by atoms with E-state index in [-0.39, 0.29) is 0 Å². The van der Waals surface area contributed by atoms with Gasteiger partial charge in [0.15, 0.2) is 0 Å². The molecular formula is C9H19N. The molecule has 1 fully saturated rings. The second kappa shape index (κ2) is 3.38. The van der Waals surface area contributed by atoms with Crippen LogP contribution >= 0.6 is 0 Å². The van der Waals surface area contributed by atoms with Gasteiger partial charge in [0.2, 0.25) is 0 Å². The molecule has 0 bridgehead atoms. The Labute approximate surface area is 64.4 Å². The Bertz CT molecular complexity index is 94.9. The van der Waals surface area contributed by atoms with Gasteiger partial charge in [0.1, 0.15) is 0 Å². The third kappa shape index (κ3) is 1.51. The maximum atomic E-state index is 2.38. The first-order chi connectivity index (χ1) is 4.75. The molecule has 0 amide bonds. The Kier molecular flexibility index (Phi) is 2.72. The maximum Gasteiger partial charge on any atom is 0.0115 e. The largest absolute Gasteiger partial charge is 0.306 e. The van der Waals surface area contributed by atoms with Gasteiger partial charge in [-0.25, -0.2) is 0 Å². The zero-order valence-corrected chi connectivity index (χ0v) is 7.43. The summed E-state index contributed by atoms with van der Waals surface area (Å²) in [7, 11) is 4.40. The average Bonchev–Trinajstić information content (AvgIpc) is 1.76. The second-order valence-corrected chi connectivity index (χ2v) is 3.63. The monoisotopic (exact) mass is 141 g/mol. The molecule has 0 aliphatic heterocycles. The fourth-order valence-corrected chi connectivity index (χ4v) is 1.94. The molecule has 1 aliphatic rings. The summed E-state index contributed by atoms with van der Waals surface area (Å²) in [5.74, 6) is 1.01. The molecule has 1 aliphatic carbocycles. The zero-order valence-electron chi connectivity index (χ0n) is 7.43. The van der Waals surface area contributed by atoms with Crippen LogP contribution < -0.4 is 0 Å². The summed E-state index contributed by atoms with van der Waals surface area (Å²) >= 11 is 0. The average molecular weight is 141 g/mol. The molecule has 0 heterocycles. The topological polar surface area (TPSA) is 3.24 Å². The Morgan fingerprint density at radius 2 is 2.00 bits per heavy atom. The van der Waals surface area contributed by atoms with Gasteiger partial charge in [-0.3, -0.25) is 0 Å². The van der Waals surface area contributed by atoms with Crippen molar-refractivity contribution >= 4 is 0 Å². The predicted molar refractivity (Wildman–Crippen MR) is 45.1 cm³/mol. The Morgan fingerprint density at radius 3 is 2.10 bits per heavy atom. The van der Waals surface area contributed by atoms with Crippen LogP contribution in [0.5, 0.6) is 0 Å². The van der Waals surface area contributed by atoms with E-state index < -0.39 is 0 Å². The molecule has 1 saturated carbocycles. The fourth-order valence-electron chi connectivity index (χ4n) is 1.94. The van der Waals surface area contributed by atoms with Crippen molar-refractivity contribution in [1.29, 1.82) is 0 Å². The minimum Gasteiger partial charge on any atom is -0.306 e. The van der Waals surface area contributed by atoms with E-state index >= 15 is 0 Å². The summed E-state index contributed by atoms with van der Waals surface area (Å²) < 4.78 is 0. The van der Waals surface area contributed by atoms with Gasteiger partial charge in [0.05, 0.1) is 0 Å². The van der Waals surface area contributed by atoms with E-state index in [0.717, 1.165) is 12.0 Å². The van der Waals surface area contributed by atoms with Crippen molar-refractivity contribution in [2.24, 2.45) is 5.92 Å². The molecule has 0 aromatic carbocycles. The minimum atomic E-state index is 0.855. The Balaban J connectivity index is 2.31. The van der Waals surface area contributed by atoms with Crippen LogP contribution in [0.1, 0.15) is 32.6 Å². The van der Waals surface area contributed by atoms with Crippen LogP contribution in [-0.2, 0) is 0 Å². The van der Waals surface area contributed by atoms with Crippen LogP contribution in [-0.4, -0.2) is 25.0 Å². The van der Waals surface area contributed by atoms with E-state index in [0.29, 0.717) is 0 Å². The summed E-state index contributed by atoms with van der Waals surface area (Å²) in [5.41, 5.74) is 0. The number of hydrogen-bond donors (Lipinski definition) is 0. The molecule has 0 unspecified atom stereocenters. The molecule has 0 saturated heterocycles. The zero-order chi connectivity index (χ0) is 7.56. The Hall–Kier alpha value is -0.0400. The number of rotatable bonds is 3. The first-order valence-corrected chi connectivity index (χ1v) is 4.42. The second-order valence-electron chi connectivity index (χ2n) is 3.63. The molecule has 0 radical (unpaired) electrons. The highest BCUT2D eigenvalue weighted by Crippen LogP contribution is 2.32. The van der Waals surface area contributed by atoms with Gasteiger partial charge in [0, 0.05) is 6.04 Å². The molecule has 0 N–H and O–H groups in total. The predicted octanol–water partition coefficient (Wildman–Crippen LogP) is 2.13. The molecule has 1 rings (SSSR count). The van der Waals surface area contributed by atoms with Crippen LogP contribution in [0.3, 0.4) is 0 Å². The van der Waals surface area contributed by atoms with Crippen LogP contribution in [0, 0.1) is 5.92 Å². The maximum absolute atomic E-state index is 2.38. The fraction of sp³-hybridized carbons (Fsp3) is 1.00. The standard InChI is InChI=1S/C9H19N/c1-4-9(10(2)3)8-6-5-7-8/h8-9H,4-7H2,1-3H3/t9-/m1/s1. The molecule has 10 heavy (non-hydrogen) atoms. The third-order valence-corrected chi connectivity index (χ3v) is 2.78. The molecule has 0 aromatic heterocycles. The number of hydrogen-bond acceptors (Lipinski definition) is 1. The van der Waals surface area contributed by atoms with E-state index in [1.807, 2.05) is 0 Å². The van der Waals surface area contributed by atoms with Gasteiger partial charge in [-0.2, -0.15) is 0 Å². The summed E-state index contributed by atoms with van der Waals surface area (Å²) in [5, 5.41) is 0. The normalized spacial score (nSPS) is 22.8. The molecule has 1 atom stereocenters. The molecule has 0 spiro atoms. The van der Waals surface area contributed by atoms with Gasteiger partial charge >= 0.3 is 0 Å². The van der Waals surface area contributed by atoms with E-state index in [9.17, 15) is 0 Å². The molecule has 1 nitrogen and oxygen atoms in total. The van der Waals surface area contributed by atoms with E-state index in [4.69, 9.17) is 0 Å². The highest BCUT2D eigenvalue weighted by molar-refractivity contribution is 4.81. The highest BCUT2D eigenvalue weighted by atomic mass is 15.1. The van der Waals surface area contributed by atoms with Crippen molar-refractivity contribution in [2.45, 2.75) is 38.6 Å². The van der Waals surface area contributed by atoms with E-state index in [2.05, 4.69) is 25.9 Å². The summed E-state index contributed by atoms with van der Waals surface area (Å²) in [6.45, 7) is 2.29. The van der Waals surface area contributed by atoms with Gasteiger partial charge < -0.3 is 4.90 Å². The van der Waals surface area contributed by atoms with Gasteiger partial charge in [-0.1, -0.05) is 13.3 Å². The highest BCUT2D eigenvalue weighted by Gasteiger charge is 2.26. The van der Waals surface area contributed by atoms with Gasteiger partial charge in [-0.05, 0) is 39.3 Å². The Morgan fingerprint density at radius 1 is 1.40 bits per heavy atom. The molecule has 1 heteroatoms. The number of nitrogens with zero attached hydrogens (tertiary/aromatic N) is 1. The lowest BCUT2D eigenvalue weighted by molar-refractivity contribution is 0.137. The lowest BCUT2D eigenvalue weighted by Gasteiger charge is -2.37. The van der Waals surface area contributed by atoms with Crippen LogP contribution in [0.2, 0.25) is 0 Å². The van der Waals surface area contributed by atoms with Crippen molar-refractivity contribution < 1.29 is 0 Å². The van der Waals surface area contributed by atoms with Crippen LogP contribution in [0.25, 0.3) is 0 Å². The lowest BCUT2D eigenvalue weighted by Crippen LogP contribution is -2.37. The van der Waals surface area contributed by atoms with Gasteiger partial charge in [0.25, 0.3) is 0 Å². The van der Waals surface area contributed by atoms with Crippen LogP contribution in [0.4, 0.5) is 0 Å². The van der Waals surface area contributed by atoms with Crippen molar-refractivity contribution in [3.63, 3.8) is 0 Å². The van der Waals surface area contributed by atoms with Gasteiger partial charge in [-0.15, -0.1) is 0 Å².